The summed E-state index contributed by atoms with van der Waals surface area (Å²) in [5.41, 5.74) is 4.17. The van der Waals surface area contributed by atoms with E-state index in [2.05, 4.69) is 10.2 Å². The zero-order valence-electron chi connectivity index (χ0n) is 18.7. The highest BCUT2D eigenvalue weighted by Crippen LogP contribution is 2.29. The Morgan fingerprint density at radius 1 is 1.24 bits per heavy atom. The molecule has 4 rings (SSSR count). The summed E-state index contributed by atoms with van der Waals surface area (Å²) in [5, 5.41) is 13.4. The van der Waals surface area contributed by atoms with Crippen LogP contribution in [0, 0.1) is 0 Å². The first-order valence-electron chi connectivity index (χ1n) is 11.1. The van der Waals surface area contributed by atoms with E-state index in [1.165, 1.54) is 0 Å². The fourth-order valence-electron chi connectivity index (χ4n) is 4.30. The molecule has 1 saturated heterocycles. The number of aliphatic hydroxyl groups is 1. The second-order valence-electron chi connectivity index (χ2n) is 8.23. The van der Waals surface area contributed by atoms with Crippen LogP contribution in [0.4, 0.5) is 5.69 Å². The van der Waals surface area contributed by atoms with Crippen molar-refractivity contribution in [1.29, 1.82) is 0 Å². The summed E-state index contributed by atoms with van der Waals surface area (Å²) in [6.07, 6.45) is 6.55. The van der Waals surface area contributed by atoms with E-state index in [4.69, 9.17) is 21.1 Å². The molecular formula is C26H29ClN2O4. The maximum Gasteiger partial charge on any atom is 0.193 e. The molecule has 1 fully saturated rings. The number of rotatable bonds is 9. The Morgan fingerprint density at radius 3 is 2.88 bits per heavy atom. The number of halogens is 1. The Morgan fingerprint density at radius 2 is 2.09 bits per heavy atom. The van der Waals surface area contributed by atoms with Gasteiger partial charge in [0.2, 0.25) is 0 Å². The number of ketones is 1. The molecule has 0 saturated carbocycles. The first kappa shape index (κ1) is 23.5. The zero-order chi connectivity index (χ0) is 23.2. The Bertz CT molecular complexity index is 1050. The van der Waals surface area contributed by atoms with E-state index >= 15 is 0 Å². The lowest BCUT2D eigenvalue weighted by atomic mass is 9.97. The quantitative estimate of drug-likeness (QED) is 0.546. The summed E-state index contributed by atoms with van der Waals surface area (Å²) >= 11 is 6.25. The maximum atomic E-state index is 13.1. The lowest BCUT2D eigenvalue weighted by molar-refractivity contribution is 0.0125. The van der Waals surface area contributed by atoms with Gasteiger partial charge in [-0.05, 0) is 66.6 Å². The van der Waals surface area contributed by atoms with Crippen molar-refractivity contribution in [3.05, 3.63) is 88.1 Å². The normalized spacial score (nSPS) is 20.0. The third kappa shape index (κ3) is 5.65. The van der Waals surface area contributed by atoms with Gasteiger partial charge >= 0.3 is 0 Å². The predicted octanol–water partition coefficient (Wildman–Crippen LogP) is 3.76. The summed E-state index contributed by atoms with van der Waals surface area (Å²) in [6, 6.07) is 13.2. The summed E-state index contributed by atoms with van der Waals surface area (Å²) in [7, 11) is 1.64. The number of allylic oxidation sites excluding steroid dienone is 2. The molecule has 0 aromatic heterocycles. The number of anilines is 1. The Kier molecular flexibility index (Phi) is 7.83. The lowest BCUT2D eigenvalue weighted by Crippen LogP contribution is -2.35. The number of carbonyl (C=O) groups excluding carboxylic acids is 1. The first-order valence-corrected chi connectivity index (χ1v) is 11.5. The first-order chi connectivity index (χ1) is 16.1. The number of aliphatic hydroxyl groups excluding tert-OH is 1. The summed E-state index contributed by atoms with van der Waals surface area (Å²) < 4.78 is 11.3. The molecule has 174 valence electrons. The second-order valence-corrected chi connectivity index (χ2v) is 8.67. The molecule has 2 aromatic carbocycles. The molecule has 0 amide bonds. The minimum absolute atomic E-state index is 0.0144. The van der Waals surface area contributed by atoms with E-state index < -0.39 is 0 Å². The molecule has 33 heavy (non-hydrogen) atoms. The van der Waals surface area contributed by atoms with E-state index in [9.17, 15) is 9.90 Å². The number of nitrogens with one attached hydrogen (secondary N) is 1. The van der Waals surface area contributed by atoms with Crippen molar-refractivity contribution >= 4 is 23.1 Å². The number of dihydropyridines is 1. The zero-order valence-corrected chi connectivity index (χ0v) is 19.4. The molecule has 0 spiro atoms. The summed E-state index contributed by atoms with van der Waals surface area (Å²) in [4.78, 5) is 15.4. The average molecular weight is 469 g/mol. The van der Waals surface area contributed by atoms with Crippen molar-refractivity contribution in [1.82, 2.24) is 5.32 Å². The van der Waals surface area contributed by atoms with Crippen LogP contribution in [-0.2, 0) is 22.5 Å². The highest BCUT2D eigenvalue weighted by atomic mass is 35.5. The Hall–Kier alpha value is -2.64. The molecule has 2 unspecified atom stereocenters. The topological polar surface area (TPSA) is 71.0 Å². The molecule has 2 heterocycles. The molecule has 2 N–H and O–H groups in total. The van der Waals surface area contributed by atoms with Crippen LogP contribution in [0.15, 0.2) is 65.8 Å². The largest absolute Gasteiger partial charge is 0.396 e. The van der Waals surface area contributed by atoms with E-state index in [0.29, 0.717) is 29.2 Å². The van der Waals surface area contributed by atoms with Gasteiger partial charge in [0, 0.05) is 43.6 Å². The van der Waals surface area contributed by atoms with Crippen molar-refractivity contribution < 1.29 is 19.4 Å². The van der Waals surface area contributed by atoms with Crippen LogP contribution in [0.2, 0.25) is 0 Å². The van der Waals surface area contributed by atoms with Crippen LogP contribution in [0.25, 0.3) is 0 Å². The third-order valence-electron chi connectivity index (χ3n) is 5.89. The van der Waals surface area contributed by atoms with E-state index in [0.717, 1.165) is 36.3 Å². The van der Waals surface area contributed by atoms with E-state index in [1.54, 1.807) is 7.11 Å². The van der Waals surface area contributed by atoms with Crippen LogP contribution in [-0.4, -0.2) is 50.0 Å². The summed E-state index contributed by atoms with van der Waals surface area (Å²) in [5.74, 6) is -0.0424. The minimum atomic E-state index is -0.326. The van der Waals surface area contributed by atoms with E-state index in [-0.39, 0.29) is 24.7 Å². The third-order valence-corrected chi connectivity index (χ3v) is 6.21. The predicted molar refractivity (Wildman–Crippen MR) is 130 cm³/mol. The Balaban J connectivity index is 1.49. The minimum Gasteiger partial charge on any atom is -0.396 e. The second kappa shape index (κ2) is 11.0. The number of hydrogen-bond acceptors (Lipinski definition) is 6. The van der Waals surface area contributed by atoms with Crippen LogP contribution in [0.1, 0.15) is 33.5 Å². The van der Waals surface area contributed by atoms with Gasteiger partial charge in [-0.3, -0.25) is 4.79 Å². The molecular weight excluding hydrogens is 440 g/mol. The standard InChI is InChI=1S/C26H29ClN2O4/c1-32-17-18-4-2-5-20(14-18)25(31)21-7-8-24(19(15-21)10-13-30)29-12-9-22(16-29)33-26-23(27)6-3-11-28-26/h2-8,11,14-15,22,26,28,30H,9-10,12-13,16-17H2,1H3. The fourth-order valence-corrected chi connectivity index (χ4v) is 4.48. The number of nitrogens with zero attached hydrogens (tertiary/aromatic N) is 1. The van der Waals surface area contributed by atoms with Gasteiger partial charge in [0.1, 0.15) is 0 Å². The number of hydrogen-bond donors (Lipinski definition) is 2. The molecule has 0 radical (unpaired) electrons. The van der Waals surface area contributed by atoms with Gasteiger partial charge < -0.3 is 24.8 Å². The lowest BCUT2D eigenvalue weighted by Gasteiger charge is -2.25. The van der Waals surface area contributed by atoms with Crippen molar-refractivity contribution in [2.24, 2.45) is 0 Å². The van der Waals surface area contributed by atoms with Crippen LogP contribution >= 0.6 is 11.6 Å². The number of ether oxygens (including phenoxy) is 2. The molecule has 0 aliphatic carbocycles. The molecule has 6 nitrogen and oxygen atoms in total. The van der Waals surface area contributed by atoms with Gasteiger partial charge in [-0.15, -0.1) is 0 Å². The van der Waals surface area contributed by atoms with Crippen LogP contribution < -0.4 is 10.2 Å². The molecule has 2 atom stereocenters. The smallest absolute Gasteiger partial charge is 0.193 e. The molecule has 0 bridgehead atoms. The molecule has 2 aromatic rings. The van der Waals surface area contributed by atoms with Crippen molar-refractivity contribution in [2.75, 3.05) is 31.7 Å². The maximum absolute atomic E-state index is 13.1. The Labute approximate surface area is 199 Å². The average Bonchev–Trinajstić information content (AvgIpc) is 3.29. The van der Waals surface area contributed by atoms with Crippen molar-refractivity contribution in [3.8, 4) is 0 Å². The molecule has 2 aliphatic heterocycles. The fraction of sp³-hybridized carbons (Fsp3) is 0.346. The number of benzene rings is 2. The highest BCUT2D eigenvalue weighted by molar-refractivity contribution is 6.30. The monoisotopic (exact) mass is 468 g/mol. The van der Waals surface area contributed by atoms with E-state index in [1.807, 2.05) is 60.8 Å². The SMILES string of the molecule is COCc1cccc(C(=O)c2ccc(N3CCC(OC4NC=CC=C4Cl)C3)c(CCO)c2)c1. The molecule has 7 heteroatoms. The molecule has 2 aliphatic rings. The van der Waals surface area contributed by atoms with Crippen LogP contribution in [0.5, 0.6) is 0 Å². The highest BCUT2D eigenvalue weighted by Gasteiger charge is 2.28. The van der Waals surface area contributed by atoms with Gasteiger partial charge in [0.25, 0.3) is 0 Å². The summed E-state index contributed by atoms with van der Waals surface area (Å²) in [6.45, 7) is 2.03. The van der Waals surface area contributed by atoms with Gasteiger partial charge in [0.15, 0.2) is 12.0 Å². The van der Waals surface area contributed by atoms with Crippen LogP contribution in [0.3, 0.4) is 0 Å². The van der Waals surface area contributed by atoms with Gasteiger partial charge in [-0.1, -0.05) is 29.8 Å². The van der Waals surface area contributed by atoms with Gasteiger partial charge in [-0.25, -0.2) is 0 Å². The van der Waals surface area contributed by atoms with Crippen molar-refractivity contribution in [2.45, 2.75) is 31.8 Å². The number of carbonyl (C=O) groups is 1. The van der Waals surface area contributed by atoms with Gasteiger partial charge in [0.05, 0.1) is 17.7 Å². The van der Waals surface area contributed by atoms with Gasteiger partial charge in [-0.2, -0.15) is 0 Å². The number of methoxy groups -OCH3 is 1. The van der Waals surface area contributed by atoms with Crippen molar-refractivity contribution in [3.63, 3.8) is 0 Å².